The van der Waals surface area contributed by atoms with Crippen LogP contribution < -0.4 is 15.4 Å². The molecule has 0 aliphatic carbocycles. The van der Waals surface area contributed by atoms with E-state index in [4.69, 9.17) is 4.74 Å². The quantitative estimate of drug-likeness (QED) is 0.466. The first kappa shape index (κ1) is 23.0. The number of carbonyl (C=O) groups is 2. The van der Waals surface area contributed by atoms with Gasteiger partial charge in [0.15, 0.2) is 0 Å². The van der Waals surface area contributed by atoms with Crippen LogP contribution in [0, 0.1) is 0 Å². The average Bonchev–Trinajstić information content (AvgIpc) is 2.78. The molecule has 0 radical (unpaired) electrons. The fourth-order valence-electron chi connectivity index (χ4n) is 3.03. The Labute approximate surface area is 189 Å². The maximum Gasteiger partial charge on any atom is 0.257 e. The number of aromatic nitrogens is 1. The Bertz CT molecular complexity index is 1020. The van der Waals surface area contributed by atoms with E-state index in [-0.39, 0.29) is 17.2 Å². The van der Waals surface area contributed by atoms with Gasteiger partial charge in [0.05, 0.1) is 12.2 Å². The summed E-state index contributed by atoms with van der Waals surface area (Å²) in [6.07, 6.45) is 4.10. The fourth-order valence-corrected chi connectivity index (χ4v) is 3.03. The van der Waals surface area contributed by atoms with Crippen molar-refractivity contribution in [1.82, 2.24) is 4.98 Å². The number of pyridine rings is 1. The minimum atomic E-state index is -0.233. The molecule has 0 unspecified atom stereocenters. The maximum atomic E-state index is 12.2. The van der Waals surface area contributed by atoms with Crippen LogP contribution in [-0.2, 0) is 10.2 Å². The molecule has 6 nitrogen and oxygen atoms in total. The lowest BCUT2D eigenvalue weighted by molar-refractivity contribution is -0.116. The fraction of sp³-hybridized carbons (Fsp3) is 0.269. The van der Waals surface area contributed by atoms with E-state index >= 15 is 0 Å². The molecule has 3 aromatic rings. The highest BCUT2D eigenvalue weighted by Gasteiger charge is 2.13. The Morgan fingerprint density at radius 2 is 1.56 bits per heavy atom. The summed E-state index contributed by atoms with van der Waals surface area (Å²) < 4.78 is 5.74. The number of ether oxygens (including phenoxy) is 1. The van der Waals surface area contributed by atoms with Gasteiger partial charge in [-0.05, 0) is 65.9 Å². The molecule has 0 spiro atoms. The molecule has 0 aliphatic heterocycles. The van der Waals surface area contributed by atoms with Gasteiger partial charge in [-0.2, -0.15) is 0 Å². The highest BCUT2D eigenvalue weighted by atomic mass is 16.5. The van der Waals surface area contributed by atoms with E-state index < -0.39 is 0 Å². The van der Waals surface area contributed by atoms with Crippen LogP contribution in [0.15, 0.2) is 73.1 Å². The molecule has 0 aliphatic rings. The van der Waals surface area contributed by atoms with Gasteiger partial charge >= 0.3 is 0 Å². The molecule has 6 heteroatoms. The van der Waals surface area contributed by atoms with Crippen LogP contribution in [0.2, 0.25) is 0 Å². The third-order valence-corrected chi connectivity index (χ3v) is 4.89. The van der Waals surface area contributed by atoms with E-state index in [1.807, 2.05) is 12.1 Å². The summed E-state index contributed by atoms with van der Waals surface area (Å²) in [6.45, 7) is 7.00. The molecule has 1 heterocycles. The van der Waals surface area contributed by atoms with Crippen molar-refractivity contribution in [2.24, 2.45) is 0 Å². The number of carbonyl (C=O) groups excluding carboxylic acids is 2. The predicted octanol–water partition coefficient (Wildman–Crippen LogP) is 5.43. The van der Waals surface area contributed by atoms with Crippen molar-refractivity contribution < 1.29 is 14.3 Å². The first-order chi connectivity index (χ1) is 15.3. The van der Waals surface area contributed by atoms with Crippen LogP contribution in [0.1, 0.15) is 49.5 Å². The molecule has 0 saturated carbocycles. The number of hydrogen-bond acceptors (Lipinski definition) is 4. The number of rotatable bonds is 8. The summed E-state index contributed by atoms with van der Waals surface area (Å²) in [7, 11) is 0. The van der Waals surface area contributed by atoms with E-state index in [1.165, 1.54) is 11.8 Å². The van der Waals surface area contributed by atoms with Crippen LogP contribution in [0.25, 0.3) is 0 Å². The molecule has 2 amide bonds. The Kier molecular flexibility index (Phi) is 7.60. The second-order valence-corrected chi connectivity index (χ2v) is 8.55. The van der Waals surface area contributed by atoms with Crippen LogP contribution >= 0.6 is 0 Å². The van der Waals surface area contributed by atoms with E-state index in [9.17, 15) is 9.59 Å². The Balaban J connectivity index is 1.39. The molecule has 32 heavy (non-hydrogen) atoms. The van der Waals surface area contributed by atoms with Crippen molar-refractivity contribution in [2.45, 2.75) is 39.0 Å². The van der Waals surface area contributed by atoms with E-state index in [0.29, 0.717) is 36.4 Å². The van der Waals surface area contributed by atoms with Gasteiger partial charge in [-0.3, -0.25) is 14.6 Å². The summed E-state index contributed by atoms with van der Waals surface area (Å²) >= 11 is 0. The Morgan fingerprint density at radius 3 is 2.16 bits per heavy atom. The zero-order valence-electron chi connectivity index (χ0n) is 18.7. The molecule has 2 N–H and O–H groups in total. The van der Waals surface area contributed by atoms with Crippen molar-refractivity contribution in [1.29, 1.82) is 0 Å². The van der Waals surface area contributed by atoms with Gasteiger partial charge < -0.3 is 15.4 Å². The Morgan fingerprint density at radius 1 is 0.906 bits per heavy atom. The molecule has 0 fully saturated rings. The second kappa shape index (κ2) is 10.6. The molecule has 166 valence electrons. The highest BCUT2D eigenvalue weighted by Crippen LogP contribution is 2.24. The SMILES string of the molecule is CC(C)(C)c1ccc(OCCCC(=O)Nc2ccc(NC(=O)c3cccnc3)cc2)cc1. The van der Waals surface area contributed by atoms with Crippen LogP contribution in [0.4, 0.5) is 11.4 Å². The van der Waals surface area contributed by atoms with Gasteiger partial charge in [0, 0.05) is 30.2 Å². The molecule has 3 rings (SSSR count). The molecule has 0 atom stereocenters. The lowest BCUT2D eigenvalue weighted by atomic mass is 9.87. The number of hydrogen-bond donors (Lipinski definition) is 2. The van der Waals surface area contributed by atoms with Gasteiger partial charge in [0.2, 0.25) is 5.91 Å². The third kappa shape index (κ3) is 6.94. The summed E-state index contributed by atoms with van der Waals surface area (Å²) in [4.78, 5) is 28.3. The van der Waals surface area contributed by atoms with Crippen molar-refractivity contribution in [3.05, 3.63) is 84.2 Å². The lowest BCUT2D eigenvalue weighted by Crippen LogP contribution is -2.14. The van der Waals surface area contributed by atoms with Crippen LogP contribution in [0.3, 0.4) is 0 Å². The number of amides is 2. The topological polar surface area (TPSA) is 80.3 Å². The molecular formula is C26H29N3O3. The Hall–Kier alpha value is -3.67. The van der Waals surface area contributed by atoms with Gasteiger partial charge in [-0.15, -0.1) is 0 Å². The molecule has 0 bridgehead atoms. The predicted molar refractivity (Wildman–Crippen MR) is 127 cm³/mol. The average molecular weight is 432 g/mol. The number of nitrogens with zero attached hydrogens (tertiary/aromatic N) is 1. The molecule has 0 saturated heterocycles. The van der Waals surface area contributed by atoms with Gasteiger partial charge in [-0.25, -0.2) is 0 Å². The number of benzene rings is 2. The number of nitrogens with one attached hydrogen (secondary N) is 2. The zero-order valence-corrected chi connectivity index (χ0v) is 18.7. The minimum absolute atomic E-state index is 0.0798. The molecule has 2 aromatic carbocycles. The van der Waals surface area contributed by atoms with E-state index in [1.54, 1.807) is 42.6 Å². The van der Waals surface area contributed by atoms with Crippen molar-refractivity contribution in [2.75, 3.05) is 17.2 Å². The zero-order chi connectivity index (χ0) is 23.0. The smallest absolute Gasteiger partial charge is 0.257 e. The van der Waals surface area contributed by atoms with Gasteiger partial charge in [0.25, 0.3) is 5.91 Å². The van der Waals surface area contributed by atoms with Crippen LogP contribution in [0.5, 0.6) is 5.75 Å². The highest BCUT2D eigenvalue weighted by molar-refractivity contribution is 6.04. The van der Waals surface area contributed by atoms with Crippen molar-refractivity contribution in [3.8, 4) is 5.75 Å². The summed E-state index contributed by atoms with van der Waals surface area (Å²) in [5.74, 6) is 0.495. The first-order valence-corrected chi connectivity index (χ1v) is 10.7. The third-order valence-electron chi connectivity index (χ3n) is 4.89. The second-order valence-electron chi connectivity index (χ2n) is 8.55. The van der Waals surface area contributed by atoms with Crippen molar-refractivity contribution in [3.63, 3.8) is 0 Å². The minimum Gasteiger partial charge on any atom is -0.494 e. The standard InChI is InChI=1S/C26H29N3O3/c1-26(2,3)20-8-14-23(15-9-20)32-17-5-7-24(30)28-21-10-12-22(13-11-21)29-25(31)19-6-4-16-27-18-19/h4,6,8-16,18H,5,7,17H2,1-3H3,(H,28,30)(H,29,31). The largest absolute Gasteiger partial charge is 0.494 e. The molecular weight excluding hydrogens is 402 g/mol. The van der Waals surface area contributed by atoms with Crippen LogP contribution in [-0.4, -0.2) is 23.4 Å². The monoisotopic (exact) mass is 431 g/mol. The number of anilines is 2. The summed E-state index contributed by atoms with van der Waals surface area (Å²) in [5, 5.41) is 5.66. The molecule has 1 aromatic heterocycles. The summed E-state index contributed by atoms with van der Waals surface area (Å²) in [6, 6.07) is 18.5. The van der Waals surface area contributed by atoms with E-state index in [2.05, 4.69) is 48.5 Å². The van der Waals surface area contributed by atoms with Gasteiger partial charge in [0.1, 0.15) is 5.75 Å². The summed E-state index contributed by atoms with van der Waals surface area (Å²) in [5.41, 5.74) is 3.17. The van der Waals surface area contributed by atoms with E-state index in [0.717, 1.165) is 5.75 Å². The maximum absolute atomic E-state index is 12.2. The van der Waals surface area contributed by atoms with Crippen molar-refractivity contribution >= 4 is 23.2 Å². The normalized spacial score (nSPS) is 11.0. The lowest BCUT2D eigenvalue weighted by Gasteiger charge is -2.19. The van der Waals surface area contributed by atoms with Gasteiger partial charge in [-0.1, -0.05) is 32.9 Å². The first-order valence-electron chi connectivity index (χ1n) is 10.7.